The topological polar surface area (TPSA) is 76.0 Å². The summed E-state index contributed by atoms with van der Waals surface area (Å²) >= 11 is 0. The van der Waals surface area contributed by atoms with E-state index in [-0.39, 0.29) is 6.61 Å². The van der Waals surface area contributed by atoms with Crippen molar-refractivity contribution in [2.45, 2.75) is 0 Å². The standard InChI is InChI=1S/C7H6O2.C5H12O3/c8-7(9)6-4-2-1-3-5-6;1-7-4-5-8-3-2-6/h1-5H,(H,8,9);6H,2-5H2,1H3. The third-order valence-corrected chi connectivity index (χ3v) is 1.69. The Morgan fingerprint density at radius 3 is 2.24 bits per heavy atom. The molecule has 0 aliphatic carbocycles. The Balaban J connectivity index is 0.000000304. The van der Waals surface area contributed by atoms with Crippen LogP contribution in [0.2, 0.25) is 0 Å². The Labute approximate surface area is 101 Å². The highest BCUT2D eigenvalue weighted by atomic mass is 16.5. The lowest BCUT2D eigenvalue weighted by atomic mass is 10.2. The quantitative estimate of drug-likeness (QED) is 0.728. The fraction of sp³-hybridized carbons (Fsp3) is 0.417. The minimum Gasteiger partial charge on any atom is -0.478 e. The number of aliphatic hydroxyl groups is 1. The van der Waals surface area contributed by atoms with Gasteiger partial charge in [0.05, 0.1) is 32.0 Å². The molecule has 0 aliphatic heterocycles. The van der Waals surface area contributed by atoms with E-state index in [1.54, 1.807) is 37.4 Å². The number of methoxy groups -OCH3 is 1. The van der Waals surface area contributed by atoms with E-state index in [1.807, 2.05) is 0 Å². The summed E-state index contributed by atoms with van der Waals surface area (Å²) in [7, 11) is 1.61. The Bertz CT molecular complexity index is 280. The van der Waals surface area contributed by atoms with E-state index in [9.17, 15) is 4.79 Å². The molecule has 96 valence electrons. The van der Waals surface area contributed by atoms with Gasteiger partial charge in [0.1, 0.15) is 0 Å². The summed E-state index contributed by atoms with van der Waals surface area (Å²) in [5.41, 5.74) is 0.331. The molecule has 0 aliphatic rings. The van der Waals surface area contributed by atoms with Crippen LogP contribution in [0.5, 0.6) is 0 Å². The number of hydrogen-bond acceptors (Lipinski definition) is 4. The summed E-state index contributed by atoms with van der Waals surface area (Å²) < 4.78 is 9.53. The molecule has 1 aromatic rings. The normalized spacial score (nSPS) is 9.29. The molecule has 17 heavy (non-hydrogen) atoms. The molecule has 0 aromatic heterocycles. The minimum absolute atomic E-state index is 0.0870. The van der Waals surface area contributed by atoms with Gasteiger partial charge in [-0.25, -0.2) is 4.79 Å². The first kappa shape index (κ1) is 15.6. The molecule has 0 radical (unpaired) electrons. The molecule has 0 amide bonds. The fourth-order valence-corrected chi connectivity index (χ4v) is 0.890. The number of benzene rings is 1. The summed E-state index contributed by atoms with van der Waals surface area (Å²) in [5.74, 6) is -0.879. The van der Waals surface area contributed by atoms with Crippen LogP contribution in [0.4, 0.5) is 0 Å². The highest BCUT2D eigenvalue weighted by molar-refractivity contribution is 5.87. The van der Waals surface area contributed by atoms with Crippen molar-refractivity contribution >= 4 is 5.97 Å². The van der Waals surface area contributed by atoms with Crippen LogP contribution >= 0.6 is 0 Å². The van der Waals surface area contributed by atoms with Crippen LogP contribution in [-0.2, 0) is 9.47 Å². The average molecular weight is 242 g/mol. The monoisotopic (exact) mass is 242 g/mol. The van der Waals surface area contributed by atoms with E-state index in [2.05, 4.69) is 4.74 Å². The van der Waals surface area contributed by atoms with Crippen LogP contribution in [0, 0.1) is 0 Å². The van der Waals surface area contributed by atoms with Gasteiger partial charge in [0.25, 0.3) is 0 Å². The van der Waals surface area contributed by atoms with E-state index in [0.717, 1.165) is 0 Å². The van der Waals surface area contributed by atoms with Gasteiger partial charge >= 0.3 is 5.97 Å². The van der Waals surface area contributed by atoms with Gasteiger partial charge in [0.2, 0.25) is 0 Å². The van der Waals surface area contributed by atoms with Gasteiger partial charge in [-0.15, -0.1) is 0 Å². The molecule has 0 bridgehead atoms. The van der Waals surface area contributed by atoms with Crippen molar-refractivity contribution in [3.05, 3.63) is 35.9 Å². The molecule has 2 N–H and O–H groups in total. The first-order chi connectivity index (χ1) is 8.22. The lowest BCUT2D eigenvalue weighted by molar-refractivity contribution is 0.0500. The highest BCUT2D eigenvalue weighted by Crippen LogP contribution is 1.96. The fourth-order valence-electron chi connectivity index (χ4n) is 0.890. The van der Waals surface area contributed by atoms with Crippen molar-refractivity contribution in [3.63, 3.8) is 0 Å². The summed E-state index contributed by atoms with van der Waals surface area (Å²) in [6, 6.07) is 8.30. The van der Waals surface area contributed by atoms with Crippen LogP contribution < -0.4 is 0 Å². The molecule has 5 heteroatoms. The third-order valence-electron chi connectivity index (χ3n) is 1.69. The van der Waals surface area contributed by atoms with Gasteiger partial charge in [-0.1, -0.05) is 18.2 Å². The maximum atomic E-state index is 10.2. The molecule has 0 atom stereocenters. The average Bonchev–Trinajstić information content (AvgIpc) is 2.37. The predicted molar refractivity (Wildman–Crippen MR) is 63.2 cm³/mol. The van der Waals surface area contributed by atoms with Crippen molar-refractivity contribution in [2.24, 2.45) is 0 Å². The molecule has 0 unspecified atom stereocenters. The second-order valence-corrected chi connectivity index (χ2v) is 3.00. The van der Waals surface area contributed by atoms with Gasteiger partial charge in [-0.05, 0) is 12.1 Å². The zero-order chi connectivity index (χ0) is 12.9. The number of carboxylic acid groups (broad SMARTS) is 1. The van der Waals surface area contributed by atoms with E-state index >= 15 is 0 Å². The Morgan fingerprint density at radius 1 is 1.18 bits per heavy atom. The van der Waals surface area contributed by atoms with Crippen molar-refractivity contribution in [2.75, 3.05) is 33.5 Å². The van der Waals surface area contributed by atoms with Crippen molar-refractivity contribution in [1.29, 1.82) is 0 Å². The number of carboxylic acids is 1. The van der Waals surface area contributed by atoms with Gasteiger partial charge in [0.15, 0.2) is 0 Å². The van der Waals surface area contributed by atoms with E-state index in [0.29, 0.717) is 25.4 Å². The summed E-state index contributed by atoms with van der Waals surface area (Å²) in [6.07, 6.45) is 0. The summed E-state index contributed by atoms with van der Waals surface area (Å²) in [6.45, 7) is 1.66. The molecule has 1 aromatic carbocycles. The number of ether oxygens (including phenoxy) is 2. The molecule has 0 heterocycles. The molecule has 0 saturated heterocycles. The summed E-state index contributed by atoms with van der Waals surface area (Å²) in [5, 5.41) is 16.6. The molecular formula is C12H18O5. The maximum absolute atomic E-state index is 10.2. The van der Waals surface area contributed by atoms with Gasteiger partial charge in [-0.2, -0.15) is 0 Å². The predicted octanol–water partition coefficient (Wildman–Crippen LogP) is 1.03. The van der Waals surface area contributed by atoms with Crippen molar-refractivity contribution in [1.82, 2.24) is 0 Å². The number of carbonyl (C=O) groups is 1. The Kier molecular flexibility index (Phi) is 10.1. The first-order valence-electron chi connectivity index (χ1n) is 5.18. The molecule has 5 nitrogen and oxygen atoms in total. The van der Waals surface area contributed by atoms with Gasteiger partial charge in [0, 0.05) is 7.11 Å². The van der Waals surface area contributed by atoms with Crippen LogP contribution in [-0.4, -0.2) is 49.7 Å². The van der Waals surface area contributed by atoms with Crippen molar-refractivity contribution < 1.29 is 24.5 Å². The SMILES string of the molecule is COCCOCCO.O=C(O)c1ccccc1. The number of aliphatic hydroxyl groups excluding tert-OH is 1. The number of hydrogen-bond donors (Lipinski definition) is 2. The summed E-state index contributed by atoms with van der Waals surface area (Å²) in [4.78, 5) is 10.2. The van der Waals surface area contributed by atoms with Crippen LogP contribution in [0.15, 0.2) is 30.3 Å². The zero-order valence-electron chi connectivity index (χ0n) is 9.83. The number of aromatic carboxylic acids is 1. The first-order valence-corrected chi connectivity index (χ1v) is 5.18. The van der Waals surface area contributed by atoms with Gasteiger partial charge in [-0.3, -0.25) is 0 Å². The van der Waals surface area contributed by atoms with E-state index < -0.39 is 5.97 Å². The van der Waals surface area contributed by atoms with Crippen molar-refractivity contribution in [3.8, 4) is 0 Å². The van der Waals surface area contributed by atoms with E-state index in [4.69, 9.17) is 14.9 Å². The second-order valence-electron chi connectivity index (χ2n) is 3.00. The van der Waals surface area contributed by atoms with Gasteiger partial charge < -0.3 is 19.7 Å². The number of rotatable bonds is 6. The molecule has 0 spiro atoms. The van der Waals surface area contributed by atoms with Crippen LogP contribution in [0.25, 0.3) is 0 Å². The molecule has 0 fully saturated rings. The maximum Gasteiger partial charge on any atom is 0.335 e. The molecule has 0 saturated carbocycles. The smallest absolute Gasteiger partial charge is 0.335 e. The van der Waals surface area contributed by atoms with Crippen LogP contribution in [0.1, 0.15) is 10.4 Å². The Morgan fingerprint density at radius 2 is 1.82 bits per heavy atom. The van der Waals surface area contributed by atoms with Crippen LogP contribution in [0.3, 0.4) is 0 Å². The second kappa shape index (κ2) is 11.1. The molecular weight excluding hydrogens is 224 g/mol. The Hall–Kier alpha value is -1.43. The lowest BCUT2D eigenvalue weighted by Gasteiger charge is -1.98. The highest BCUT2D eigenvalue weighted by Gasteiger charge is 1.96. The lowest BCUT2D eigenvalue weighted by Crippen LogP contribution is -2.05. The minimum atomic E-state index is -0.879. The zero-order valence-corrected chi connectivity index (χ0v) is 9.83. The van der Waals surface area contributed by atoms with E-state index in [1.165, 1.54) is 0 Å². The molecule has 1 rings (SSSR count). The largest absolute Gasteiger partial charge is 0.478 e. The third kappa shape index (κ3) is 9.50.